The maximum atomic E-state index is 12.2. The van der Waals surface area contributed by atoms with Crippen LogP contribution in [-0.4, -0.2) is 48.5 Å². The van der Waals surface area contributed by atoms with Gasteiger partial charge in [0.1, 0.15) is 11.4 Å². The Balaban J connectivity index is 1.85. The van der Waals surface area contributed by atoms with Crippen LogP contribution in [0.3, 0.4) is 0 Å². The Kier molecular flexibility index (Phi) is 4.79. The van der Waals surface area contributed by atoms with Gasteiger partial charge in [-0.25, -0.2) is 0 Å². The van der Waals surface area contributed by atoms with E-state index in [0.717, 1.165) is 32.5 Å². The molecule has 20 heavy (non-hydrogen) atoms. The Labute approximate surface area is 118 Å². The largest absolute Gasteiger partial charge is 0.381 e. The maximum Gasteiger partial charge on any atom is 0.270 e. The van der Waals surface area contributed by atoms with Crippen molar-refractivity contribution in [3.8, 4) is 0 Å². The maximum absolute atomic E-state index is 12.2. The van der Waals surface area contributed by atoms with Crippen molar-refractivity contribution in [1.82, 2.24) is 9.88 Å². The molecule has 1 aliphatic heterocycles. The Morgan fingerprint density at radius 3 is 2.60 bits per heavy atom. The lowest BCUT2D eigenvalue weighted by Gasteiger charge is -2.24. The van der Waals surface area contributed by atoms with Crippen LogP contribution in [0.25, 0.3) is 0 Å². The topological polar surface area (TPSA) is 88.4 Å². The molecule has 1 aromatic heterocycles. The molecule has 0 aromatic carbocycles. The van der Waals surface area contributed by atoms with E-state index in [0.29, 0.717) is 18.2 Å². The van der Waals surface area contributed by atoms with Gasteiger partial charge in [-0.1, -0.05) is 0 Å². The number of carbonyl (C=O) groups excluding carboxylic acids is 2. The minimum Gasteiger partial charge on any atom is -0.381 e. The van der Waals surface area contributed by atoms with E-state index >= 15 is 0 Å². The number of amides is 2. The average Bonchev–Trinajstić information content (AvgIpc) is 2.95. The van der Waals surface area contributed by atoms with Crippen molar-refractivity contribution in [2.24, 2.45) is 11.7 Å². The smallest absolute Gasteiger partial charge is 0.270 e. The molecule has 3 N–H and O–H groups in total. The van der Waals surface area contributed by atoms with Crippen LogP contribution < -0.4 is 5.73 Å². The van der Waals surface area contributed by atoms with E-state index in [1.165, 1.54) is 6.07 Å². The van der Waals surface area contributed by atoms with Gasteiger partial charge in [0.25, 0.3) is 11.8 Å². The zero-order valence-corrected chi connectivity index (χ0v) is 11.7. The zero-order valence-electron chi connectivity index (χ0n) is 11.7. The summed E-state index contributed by atoms with van der Waals surface area (Å²) in [6.45, 7) is 2.34. The molecule has 1 aliphatic rings. The van der Waals surface area contributed by atoms with Crippen LogP contribution in [0, 0.1) is 5.92 Å². The standard InChI is InChI=1S/C14H21N3O3/c1-17(7-4-10-5-8-20-9-6-10)14(19)12-3-2-11(16-12)13(15)18/h2-3,10,16H,4-9H2,1H3,(H2,15,18). The third-order valence-electron chi connectivity index (χ3n) is 3.74. The molecular formula is C14H21N3O3. The normalized spacial score (nSPS) is 16.1. The molecule has 2 heterocycles. The average molecular weight is 279 g/mol. The molecule has 0 spiro atoms. The Morgan fingerprint density at radius 1 is 1.35 bits per heavy atom. The number of aromatic amines is 1. The van der Waals surface area contributed by atoms with Crippen molar-refractivity contribution in [2.75, 3.05) is 26.8 Å². The van der Waals surface area contributed by atoms with Gasteiger partial charge in [-0.05, 0) is 37.3 Å². The van der Waals surface area contributed by atoms with Crippen molar-refractivity contribution in [2.45, 2.75) is 19.3 Å². The molecule has 2 rings (SSSR count). The molecule has 0 atom stereocenters. The summed E-state index contributed by atoms with van der Waals surface area (Å²) >= 11 is 0. The molecule has 0 saturated carbocycles. The molecule has 2 amide bonds. The number of primary amides is 1. The van der Waals surface area contributed by atoms with E-state index in [1.54, 1.807) is 18.0 Å². The van der Waals surface area contributed by atoms with E-state index in [-0.39, 0.29) is 11.6 Å². The van der Waals surface area contributed by atoms with Gasteiger partial charge in [0.15, 0.2) is 0 Å². The van der Waals surface area contributed by atoms with Crippen molar-refractivity contribution in [3.05, 3.63) is 23.5 Å². The molecule has 0 radical (unpaired) electrons. The summed E-state index contributed by atoms with van der Waals surface area (Å²) in [6.07, 6.45) is 3.11. The summed E-state index contributed by atoms with van der Waals surface area (Å²) in [6, 6.07) is 3.12. The molecule has 1 aromatic rings. The number of carbonyl (C=O) groups is 2. The summed E-state index contributed by atoms with van der Waals surface area (Å²) in [5.74, 6) is -0.0534. The van der Waals surface area contributed by atoms with E-state index in [9.17, 15) is 9.59 Å². The van der Waals surface area contributed by atoms with Crippen molar-refractivity contribution in [3.63, 3.8) is 0 Å². The molecule has 0 aliphatic carbocycles. The molecule has 0 unspecified atom stereocenters. The van der Waals surface area contributed by atoms with Crippen LogP contribution in [0.2, 0.25) is 0 Å². The lowest BCUT2D eigenvalue weighted by Crippen LogP contribution is -2.30. The lowest BCUT2D eigenvalue weighted by molar-refractivity contribution is 0.0582. The van der Waals surface area contributed by atoms with E-state index in [1.807, 2.05) is 0 Å². The second kappa shape index (κ2) is 6.56. The van der Waals surface area contributed by atoms with Gasteiger partial charge < -0.3 is 20.4 Å². The Bertz CT molecular complexity index is 478. The highest BCUT2D eigenvalue weighted by molar-refractivity contribution is 5.96. The Morgan fingerprint density at radius 2 is 2.00 bits per heavy atom. The van der Waals surface area contributed by atoms with Gasteiger partial charge in [0.05, 0.1) is 0 Å². The Hall–Kier alpha value is -1.82. The SMILES string of the molecule is CN(CCC1CCOCC1)C(=O)c1ccc(C(N)=O)[nH]1. The number of nitrogens with two attached hydrogens (primary N) is 1. The number of ether oxygens (including phenoxy) is 1. The first-order valence-electron chi connectivity index (χ1n) is 6.90. The number of aromatic nitrogens is 1. The van der Waals surface area contributed by atoms with Crippen LogP contribution in [0.15, 0.2) is 12.1 Å². The highest BCUT2D eigenvalue weighted by Crippen LogP contribution is 2.18. The van der Waals surface area contributed by atoms with Crippen LogP contribution in [-0.2, 0) is 4.74 Å². The second-order valence-corrected chi connectivity index (χ2v) is 5.22. The monoisotopic (exact) mass is 279 g/mol. The van der Waals surface area contributed by atoms with Crippen molar-refractivity contribution < 1.29 is 14.3 Å². The van der Waals surface area contributed by atoms with E-state index in [4.69, 9.17) is 10.5 Å². The van der Waals surface area contributed by atoms with Crippen LogP contribution in [0.1, 0.15) is 40.2 Å². The predicted octanol–water partition coefficient (Wildman–Crippen LogP) is 1.00. The van der Waals surface area contributed by atoms with E-state index in [2.05, 4.69) is 4.98 Å². The number of hydrogen-bond acceptors (Lipinski definition) is 3. The summed E-state index contributed by atoms with van der Waals surface area (Å²) in [7, 11) is 1.77. The summed E-state index contributed by atoms with van der Waals surface area (Å²) < 4.78 is 5.32. The fourth-order valence-electron chi connectivity index (χ4n) is 2.38. The van der Waals surface area contributed by atoms with Gasteiger partial charge in [-0.2, -0.15) is 0 Å². The quantitative estimate of drug-likeness (QED) is 0.842. The molecule has 6 nitrogen and oxygen atoms in total. The summed E-state index contributed by atoms with van der Waals surface area (Å²) in [5.41, 5.74) is 5.80. The molecule has 6 heteroatoms. The van der Waals surface area contributed by atoms with Gasteiger partial charge >= 0.3 is 0 Å². The first-order chi connectivity index (χ1) is 9.58. The van der Waals surface area contributed by atoms with Crippen LogP contribution in [0.5, 0.6) is 0 Å². The number of nitrogens with one attached hydrogen (secondary N) is 1. The highest BCUT2D eigenvalue weighted by atomic mass is 16.5. The minimum atomic E-state index is -0.561. The van der Waals surface area contributed by atoms with Crippen molar-refractivity contribution >= 4 is 11.8 Å². The molecule has 110 valence electrons. The van der Waals surface area contributed by atoms with Crippen LogP contribution >= 0.6 is 0 Å². The minimum absolute atomic E-state index is 0.121. The molecule has 0 bridgehead atoms. The van der Waals surface area contributed by atoms with Gasteiger partial charge in [0, 0.05) is 26.8 Å². The lowest BCUT2D eigenvalue weighted by atomic mass is 9.96. The first kappa shape index (κ1) is 14.6. The zero-order chi connectivity index (χ0) is 14.5. The first-order valence-corrected chi connectivity index (χ1v) is 6.90. The summed E-state index contributed by atoms with van der Waals surface area (Å²) in [5, 5.41) is 0. The van der Waals surface area contributed by atoms with Gasteiger partial charge in [-0.15, -0.1) is 0 Å². The summed E-state index contributed by atoms with van der Waals surface area (Å²) in [4.78, 5) is 27.6. The van der Waals surface area contributed by atoms with Gasteiger partial charge in [-0.3, -0.25) is 9.59 Å². The number of H-pyrrole nitrogens is 1. The van der Waals surface area contributed by atoms with E-state index < -0.39 is 5.91 Å². The number of rotatable bonds is 5. The van der Waals surface area contributed by atoms with Gasteiger partial charge in [0.2, 0.25) is 0 Å². The third kappa shape index (κ3) is 3.60. The predicted molar refractivity (Wildman–Crippen MR) is 74.4 cm³/mol. The fourth-order valence-corrected chi connectivity index (χ4v) is 2.38. The number of nitrogens with zero attached hydrogens (tertiary/aromatic N) is 1. The van der Waals surface area contributed by atoms with Crippen LogP contribution in [0.4, 0.5) is 0 Å². The third-order valence-corrected chi connectivity index (χ3v) is 3.74. The fraction of sp³-hybridized carbons (Fsp3) is 0.571. The second-order valence-electron chi connectivity index (χ2n) is 5.22. The highest BCUT2D eigenvalue weighted by Gasteiger charge is 2.18. The number of hydrogen-bond donors (Lipinski definition) is 2. The molecular weight excluding hydrogens is 258 g/mol. The molecule has 1 saturated heterocycles. The van der Waals surface area contributed by atoms with Crippen molar-refractivity contribution in [1.29, 1.82) is 0 Å². The molecule has 1 fully saturated rings.